The van der Waals surface area contributed by atoms with Gasteiger partial charge in [0, 0.05) is 18.3 Å². The molecule has 2 atom stereocenters. The lowest BCUT2D eigenvalue weighted by molar-refractivity contribution is -0.139. The molecular formula is C24H29Cl2FN2O2S. The molecule has 0 heterocycles. The lowest BCUT2D eigenvalue weighted by atomic mass is 10.1. The molecule has 0 radical (unpaired) electrons. The van der Waals surface area contributed by atoms with Gasteiger partial charge in [-0.2, -0.15) is 0 Å². The van der Waals surface area contributed by atoms with Gasteiger partial charge in [0.2, 0.25) is 11.8 Å². The van der Waals surface area contributed by atoms with Crippen LogP contribution in [0.25, 0.3) is 0 Å². The molecule has 32 heavy (non-hydrogen) atoms. The molecule has 0 aliphatic heterocycles. The molecule has 1 N–H and O–H groups in total. The van der Waals surface area contributed by atoms with Gasteiger partial charge in [0.15, 0.2) is 0 Å². The molecule has 0 aromatic heterocycles. The van der Waals surface area contributed by atoms with Crippen LogP contribution in [0.3, 0.4) is 0 Å². The molecule has 0 fully saturated rings. The standard InChI is InChI=1S/C24H29Cl2FN2O2S/c1-4-16(3)28-24(31)22(5-2)29(13-17-10-11-19(25)20(26)12-17)23(30)15-32-14-18-8-6-7-9-21(18)27/h6-12,16,22H,4-5,13-15H2,1-3H3,(H,28,31)/t16-,22-/m1/s1. The maximum absolute atomic E-state index is 13.9. The number of thioether (sulfide) groups is 1. The summed E-state index contributed by atoms with van der Waals surface area (Å²) < 4.78 is 13.9. The first-order valence-corrected chi connectivity index (χ1v) is 12.5. The number of carbonyl (C=O) groups excluding carboxylic acids is 2. The molecule has 174 valence electrons. The SMILES string of the molecule is CC[C@@H](C)NC(=O)[C@@H](CC)N(Cc1ccc(Cl)c(Cl)c1)C(=O)CSCc1ccccc1F. The summed E-state index contributed by atoms with van der Waals surface area (Å²) in [6.45, 7) is 6.02. The van der Waals surface area contributed by atoms with E-state index in [0.29, 0.717) is 27.8 Å². The van der Waals surface area contributed by atoms with Crippen LogP contribution in [-0.2, 0) is 21.9 Å². The lowest BCUT2D eigenvalue weighted by Crippen LogP contribution is -2.51. The minimum Gasteiger partial charge on any atom is -0.352 e. The molecular weight excluding hydrogens is 470 g/mol. The van der Waals surface area contributed by atoms with Crippen molar-refractivity contribution in [1.82, 2.24) is 10.2 Å². The van der Waals surface area contributed by atoms with Crippen LogP contribution in [0.2, 0.25) is 10.0 Å². The molecule has 4 nitrogen and oxygen atoms in total. The third kappa shape index (κ3) is 7.68. The summed E-state index contributed by atoms with van der Waals surface area (Å²) in [6.07, 6.45) is 1.26. The van der Waals surface area contributed by atoms with Crippen molar-refractivity contribution in [3.63, 3.8) is 0 Å². The Morgan fingerprint density at radius 1 is 1.09 bits per heavy atom. The molecule has 2 amide bonds. The number of amides is 2. The third-order valence-corrected chi connectivity index (χ3v) is 6.87. The number of hydrogen-bond donors (Lipinski definition) is 1. The van der Waals surface area contributed by atoms with E-state index in [4.69, 9.17) is 23.2 Å². The van der Waals surface area contributed by atoms with Gasteiger partial charge in [-0.15, -0.1) is 11.8 Å². The van der Waals surface area contributed by atoms with Gasteiger partial charge in [-0.3, -0.25) is 9.59 Å². The first-order valence-electron chi connectivity index (χ1n) is 10.6. The van der Waals surface area contributed by atoms with Gasteiger partial charge in [-0.1, -0.05) is 61.3 Å². The van der Waals surface area contributed by atoms with Gasteiger partial charge in [0.05, 0.1) is 15.8 Å². The van der Waals surface area contributed by atoms with E-state index in [1.807, 2.05) is 20.8 Å². The quantitative estimate of drug-likeness (QED) is 0.407. The predicted octanol–water partition coefficient (Wildman–Crippen LogP) is 6.09. The number of nitrogens with zero attached hydrogens (tertiary/aromatic N) is 1. The van der Waals surface area contributed by atoms with Gasteiger partial charge < -0.3 is 10.2 Å². The van der Waals surface area contributed by atoms with E-state index in [-0.39, 0.29) is 36.0 Å². The fraction of sp³-hybridized carbons (Fsp3) is 0.417. The second-order valence-corrected chi connectivity index (χ2v) is 9.40. The summed E-state index contributed by atoms with van der Waals surface area (Å²) in [5, 5.41) is 3.79. The summed E-state index contributed by atoms with van der Waals surface area (Å²) >= 11 is 13.5. The predicted molar refractivity (Wildman–Crippen MR) is 132 cm³/mol. The first-order chi connectivity index (χ1) is 15.3. The number of benzene rings is 2. The Balaban J connectivity index is 2.18. The zero-order valence-electron chi connectivity index (χ0n) is 18.5. The van der Waals surface area contributed by atoms with Crippen LogP contribution in [-0.4, -0.2) is 34.6 Å². The highest BCUT2D eigenvalue weighted by Crippen LogP contribution is 2.25. The van der Waals surface area contributed by atoms with E-state index in [0.717, 1.165) is 12.0 Å². The lowest BCUT2D eigenvalue weighted by Gasteiger charge is -2.31. The summed E-state index contributed by atoms with van der Waals surface area (Å²) in [5.41, 5.74) is 1.32. The Bertz CT molecular complexity index is 929. The molecule has 0 aliphatic rings. The molecule has 0 saturated carbocycles. The van der Waals surface area contributed by atoms with Crippen molar-refractivity contribution in [1.29, 1.82) is 0 Å². The average Bonchev–Trinajstić information content (AvgIpc) is 2.77. The molecule has 0 spiro atoms. The number of carbonyl (C=O) groups is 2. The largest absolute Gasteiger partial charge is 0.352 e. The maximum Gasteiger partial charge on any atom is 0.243 e. The highest BCUT2D eigenvalue weighted by Gasteiger charge is 2.29. The molecule has 0 saturated heterocycles. The van der Waals surface area contributed by atoms with Gasteiger partial charge in [0.25, 0.3) is 0 Å². The second-order valence-electron chi connectivity index (χ2n) is 7.60. The average molecular weight is 499 g/mol. The van der Waals surface area contributed by atoms with Crippen LogP contribution in [0.1, 0.15) is 44.7 Å². The van der Waals surface area contributed by atoms with Crippen molar-refractivity contribution in [3.05, 3.63) is 69.5 Å². The monoisotopic (exact) mass is 498 g/mol. The highest BCUT2D eigenvalue weighted by molar-refractivity contribution is 7.99. The Morgan fingerprint density at radius 3 is 2.44 bits per heavy atom. The molecule has 0 unspecified atom stereocenters. The summed E-state index contributed by atoms with van der Waals surface area (Å²) in [7, 11) is 0. The van der Waals surface area contributed by atoms with E-state index in [1.165, 1.54) is 17.8 Å². The highest BCUT2D eigenvalue weighted by atomic mass is 35.5. The fourth-order valence-corrected chi connectivity index (χ4v) is 4.36. The smallest absolute Gasteiger partial charge is 0.243 e. The van der Waals surface area contributed by atoms with Crippen molar-refractivity contribution in [3.8, 4) is 0 Å². The molecule has 8 heteroatoms. The topological polar surface area (TPSA) is 49.4 Å². The Hall–Kier alpha value is -1.76. The normalized spacial score (nSPS) is 12.8. The van der Waals surface area contributed by atoms with Crippen LogP contribution in [0.5, 0.6) is 0 Å². The number of hydrogen-bond acceptors (Lipinski definition) is 3. The molecule has 0 bridgehead atoms. The van der Waals surface area contributed by atoms with Crippen molar-refractivity contribution >= 4 is 46.8 Å². The molecule has 2 aromatic rings. The summed E-state index contributed by atoms with van der Waals surface area (Å²) in [5.74, 6) is -0.171. The van der Waals surface area contributed by atoms with E-state index in [2.05, 4.69) is 5.32 Å². The summed E-state index contributed by atoms with van der Waals surface area (Å²) in [6, 6.07) is 11.1. The van der Waals surface area contributed by atoms with Gasteiger partial charge in [-0.25, -0.2) is 4.39 Å². The van der Waals surface area contributed by atoms with Gasteiger partial charge >= 0.3 is 0 Å². The van der Waals surface area contributed by atoms with Gasteiger partial charge in [-0.05, 0) is 49.1 Å². The van der Waals surface area contributed by atoms with E-state index >= 15 is 0 Å². The molecule has 0 aliphatic carbocycles. The van der Waals surface area contributed by atoms with Crippen molar-refractivity contribution < 1.29 is 14.0 Å². The Labute approximate surface area is 203 Å². The Morgan fingerprint density at radius 2 is 1.81 bits per heavy atom. The first kappa shape index (κ1) is 26.5. The van der Waals surface area contributed by atoms with Crippen LogP contribution < -0.4 is 5.32 Å². The van der Waals surface area contributed by atoms with Crippen LogP contribution in [0.4, 0.5) is 4.39 Å². The van der Waals surface area contributed by atoms with Crippen LogP contribution in [0.15, 0.2) is 42.5 Å². The van der Waals surface area contributed by atoms with Crippen molar-refractivity contribution in [2.75, 3.05) is 5.75 Å². The zero-order chi connectivity index (χ0) is 23.7. The fourth-order valence-electron chi connectivity index (χ4n) is 3.14. The number of rotatable bonds is 11. The van der Waals surface area contributed by atoms with Gasteiger partial charge in [0.1, 0.15) is 11.9 Å². The number of nitrogens with one attached hydrogen (secondary N) is 1. The minimum absolute atomic E-state index is 0.00825. The maximum atomic E-state index is 13.9. The van der Waals surface area contributed by atoms with E-state index in [1.54, 1.807) is 41.3 Å². The van der Waals surface area contributed by atoms with Crippen LogP contribution >= 0.6 is 35.0 Å². The van der Waals surface area contributed by atoms with E-state index in [9.17, 15) is 14.0 Å². The second kappa shape index (κ2) is 13.1. The van der Waals surface area contributed by atoms with Crippen LogP contribution in [0, 0.1) is 5.82 Å². The molecule has 2 aromatic carbocycles. The zero-order valence-corrected chi connectivity index (χ0v) is 20.9. The summed E-state index contributed by atoms with van der Waals surface area (Å²) in [4.78, 5) is 27.7. The molecule has 2 rings (SSSR count). The third-order valence-electron chi connectivity index (χ3n) is 5.16. The number of halogens is 3. The minimum atomic E-state index is -0.625. The van der Waals surface area contributed by atoms with Crippen molar-refractivity contribution in [2.45, 2.75) is 58.0 Å². The Kier molecular flexibility index (Phi) is 10.8. The van der Waals surface area contributed by atoms with Crippen molar-refractivity contribution in [2.24, 2.45) is 0 Å². The van der Waals surface area contributed by atoms with E-state index < -0.39 is 6.04 Å².